The molecule has 0 aliphatic rings. The zero-order valence-electron chi connectivity index (χ0n) is 12.8. The normalized spacial score (nSPS) is 10.6. The fourth-order valence-electron chi connectivity index (χ4n) is 2.27. The minimum atomic E-state index is -0.252. The van der Waals surface area contributed by atoms with Crippen LogP contribution in [0.15, 0.2) is 48.7 Å². The van der Waals surface area contributed by atoms with Crippen molar-refractivity contribution >= 4 is 34.0 Å². The number of benzene rings is 2. The third-order valence-electron chi connectivity index (χ3n) is 3.50. The van der Waals surface area contributed by atoms with E-state index in [0.717, 1.165) is 10.4 Å². The van der Waals surface area contributed by atoms with Gasteiger partial charge in [0, 0.05) is 6.20 Å². The average molecular weight is 343 g/mol. The Kier molecular flexibility index (Phi) is 4.46. The molecule has 0 aliphatic carbocycles. The number of nitrogens with one attached hydrogen (secondary N) is 1. The average Bonchev–Trinajstić information content (AvgIpc) is 2.98. The van der Waals surface area contributed by atoms with Crippen molar-refractivity contribution in [3.8, 4) is 10.4 Å². The zero-order chi connectivity index (χ0) is 16.4. The number of thiazole rings is 1. The van der Waals surface area contributed by atoms with Crippen LogP contribution in [0.2, 0.25) is 5.02 Å². The first-order chi connectivity index (χ1) is 11.0. The molecule has 0 atom stereocenters. The van der Waals surface area contributed by atoms with E-state index in [-0.39, 0.29) is 5.91 Å². The third-order valence-corrected chi connectivity index (χ3v) is 4.78. The molecular formula is C18H15ClN2OS. The molecule has 0 unspecified atom stereocenters. The van der Waals surface area contributed by atoms with Gasteiger partial charge in [0.1, 0.15) is 0 Å². The van der Waals surface area contributed by atoms with E-state index in [0.29, 0.717) is 15.7 Å². The number of anilines is 1. The molecule has 0 aliphatic heterocycles. The van der Waals surface area contributed by atoms with Crippen LogP contribution in [0.25, 0.3) is 10.4 Å². The van der Waals surface area contributed by atoms with Crippen LogP contribution in [0.5, 0.6) is 0 Å². The second-order valence-electron chi connectivity index (χ2n) is 5.28. The van der Waals surface area contributed by atoms with Crippen molar-refractivity contribution in [3.05, 3.63) is 70.4 Å². The molecule has 116 valence electrons. The Hall–Kier alpha value is -2.17. The van der Waals surface area contributed by atoms with Crippen LogP contribution in [0, 0.1) is 13.8 Å². The first-order valence-electron chi connectivity index (χ1n) is 7.14. The Morgan fingerprint density at radius 1 is 1.17 bits per heavy atom. The van der Waals surface area contributed by atoms with Crippen LogP contribution >= 0.6 is 22.9 Å². The molecule has 0 saturated heterocycles. The molecule has 3 rings (SSSR count). The predicted octanol–water partition coefficient (Wildman–Crippen LogP) is 5.33. The summed E-state index contributed by atoms with van der Waals surface area (Å²) in [6.45, 7) is 4.13. The summed E-state index contributed by atoms with van der Waals surface area (Å²) in [5.74, 6) is -0.252. The number of amides is 1. The van der Waals surface area contributed by atoms with E-state index >= 15 is 0 Å². The summed E-state index contributed by atoms with van der Waals surface area (Å²) < 4.78 is 0. The lowest BCUT2D eigenvalue weighted by atomic mass is 10.1. The molecule has 0 fully saturated rings. The fourth-order valence-corrected chi connectivity index (χ4v) is 3.38. The molecule has 5 heteroatoms. The van der Waals surface area contributed by atoms with Crippen molar-refractivity contribution in [1.29, 1.82) is 0 Å². The molecule has 3 aromatic rings. The van der Waals surface area contributed by atoms with E-state index < -0.39 is 0 Å². The van der Waals surface area contributed by atoms with Crippen molar-refractivity contribution in [2.45, 2.75) is 13.8 Å². The molecule has 1 N–H and O–H groups in total. The van der Waals surface area contributed by atoms with E-state index in [2.05, 4.69) is 42.3 Å². The number of nitrogens with zero attached hydrogens (tertiary/aromatic N) is 1. The summed E-state index contributed by atoms with van der Waals surface area (Å²) in [5, 5.41) is 3.80. The number of carbonyl (C=O) groups excluding carboxylic acids is 1. The van der Waals surface area contributed by atoms with Crippen LogP contribution in [-0.4, -0.2) is 10.9 Å². The van der Waals surface area contributed by atoms with E-state index in [1.54, 1.807) is 30.5 Å². The summed E-state index contributed by atoms with van der Waals surface area (Å²) in [6.07, 6.45) is 1.79. The molecule has 23 heavy (non-hydrogen) atoms. The number of rotatable bonds is 3. The number of aromatic nitrogens is 1. The van der Waals surface area contributed by atoms with Gasteiger partial charge in [0.2, 0.25) is 0 Å². The smallest absolute Gasteiger partial charge is 0.258 e. The number of hydrogen-bond acceptors (Lipinski definition) is 3. The molecule has 1 amide bonds. The van der Waals surface area contributed by atoms with Gasteiger partial charge in [0.05, 0.1) is 15.5 Å². The van der Waals surface area contributed by atoms with Crippen LogP contribution in [-0.2, 0) is 0 Å². The van der Waals surface area contributed by atoms with Gasteiger partial charge in [-0.3, -0.25) is 10.1 Å². The topological polar surface area (TPSA) is 42.0 Å². The van der Waals surface area contributed by atoms with Gasteiger partial charge in [-0.05, 0) is 37.1 Å². The van der Waals surface area contributed by atoms with Gasteiger partial charge < -0.3 is 0 Å². The van der Waals surface area contributed by atoms with Crippen molar-refractivity contribution in [2.75, 3.05) is 5.32 Å². The molecule has 0 radical (unpaired) electrons. The highest BCUT2D eigenvalue weighted by Crippen LogP contribution is 2.32. The second-order valence-corrected chi connectivity index (χ2v) is 6.72. The Labute approximate surface area is 144 Å². The third kappa shape index (κ3) is 3.44. The Morgan fingerprint density at radius 2 is 1.96 bits per heavy atom. The maximum Gasteiger partial charge on any atom is 0.258 e. The second kappa shape index (κ2) is 6.52. The minimum absolute atomic E-state index is 0.252. The lowest BCUT2D eigenvalue weighted by Gasteiger charge is -2.04. The molecular weight excluding hydrogens is 328 g/mol. The van der Waals surface area contributed by atoms with Crippen molar-refractivity contribution in [1.82, 2.24) is 4.98 Å². The molecule has 0 saturated carbocycles. The first-order valence-corrected chi connectivity index (χ1v) is 8.33. The highest BCUT2D eigenvalue weighted by atomic mass is 35.5. The SMILES string of the molecule is Cc1ccc(C)c(-c2cnc(NC(=O)c3ccccc3Cl)s2)c1. The summed E-state index contributed by atoms with van der Waals surface area (Å²) in [5.41, 5.74) is 3.96. The fraction of sp³-hybridized carbons (Fsp3) is 0.111. The highest BCUT2D eigenvalue weighted by molar-refractivity contribution is 7.19. The van der Waals surface area contributed by atoms with Gasteiger partial charge in [0.25, 0.3) is 5.91 Å². The number of halogens is 1. The lowest BCUT2D eigenvalue weighted by molar-refractivity contribution is 0.102. The van der Waals surface area contributed by atoms with Gasteiger partial charge >= 0.3 is 0 Å². The molecule has 0 spiro atoms. The summed E-state index contributed by atoms with van der Waals surface area (Å²) in [6, 6.07) is 13.3. The van der Waals surface area contributed by atoms with Crippen molar-refractivity contribution in [3.63, 3.8) is 0 Å². The van der Waals surface area contributed by atoms with Gasteiger partial charge in [0.15, 0.2) is 5.13 Å². The molecule has 1 heterocycles. The molecule has 1 aromatic heterocycles. The Balaban J connectivity index is 1.84. The van der Waals surface area contributed by atoms with Crippen LogP contribution < -0.4 is 5.32 Å². The number of aryl methyl sites for hydroxylation is 2. The maximum absolute atomic E-state index is 12.3. The molecule has 3 nitrogen and oxygen atoms in total. The Morgan fingerprint density at radius 3 is 2.74 bits per heavy atom. The van der Waals surface area contributed by atoms with Crippen LogP contribution in [0.4, 0.5) is 5.13 Å². The quantitative estimate of drug-likeness (QED) is 0.698. The number of carbonyl (C=O) groups is 1. The summed E-state index contributed by atoms with van der Waals surface area (Å²) >= 11 is 7.50. The highest BCUT2D eigenvalue weighted by Gasteiger charge is 2.13. The first kappa shape index (κ1) is 15.7. The van der Waals surface area contributed by atoms with E-state index in [1.165, 1.54) is 22.5 Å². The Bertz CT molecular complexity index is 873. The molecule has 2 aromatic carbocycles. The zero-order valence-corrected chi connectivity index (χ0v) is 14.3. The van der Waals surface area contributed by atoms with Gasteiger partial charge in [-0.25, -0.2) is 4.98 Å². The van der Waals surface area contributed by atoms with Crippen molar-refractivity contribution in [2.24, 2.45) is 0 Å². The summed E-state index contributed by atoms with van der Waals surface area (Å²) in [7, 11) is 0. The standard InChI is InChI=1S/C18H15ClN2OS/c1-11-7-8-12(2)14(9-11)16-10-20-18(23-16)21-17(22)13-5-3-4-6-15(13)19/h3-10H,1-2H3,(H,20,21,22). The van der Waals surface area contributed by atoms with E-state index in [9.17, 15) is 4.79 Å². The van der Waals surface area contributed by atoms with Gasteiger partial charge in [-0.2, -0.15) is 0 Å². The minimum Gasteiger partial charge on any atom is -0.298 e. The lowest BCUT2D eigenvalue weighted by Crippen LogP contribution is -2.11. The van der Waals surface area contributed by atoms with Crippen molar-refractivity contribution < 1.29 is 4.79 Å². The maximum atomic E-state index is 12.3. The van der Waals surface area contributed by atoms with Gasteiger partial charge in [-0.15, -0.1) is 0 Å². The van der Waals surface area contributed by atoms with Crippen LogP contribution in [0.1, 0.15) is 21.5 Å². The van der Waals surface area contributed by atoms with Crippen LogP contribution in [0.3, 0.4) is 0 Å². The van der Waals surface area contributed by atoms with Gasteiger partial charge in [-0.1, -0.05) is 58.8 Å². The number of hydrogen-bond donors (Lipinski definition) is 1. The van der Waals surface area contributed by atoms with E-state index in [1.807, 2.05) is 0 Å². The van der Waals surface area contributed by atoms with E-state index in [4.69, 9.17) is 11.6 Å². The monoisotopic (exact) mass is 342 g/mol. The predicted molar refractivity (Wildman–Crippen MR) is 96.4 cm³/mol. The summed E-state index contributed by atoms with van der Waals surface area (Å²) in [4.78, 5) is 17.6. The molecule has 0 bridgehead atoms. The largest absolute Gasteiger partial charge is 0.298 e.